The Kier molecular flexibility index (Phi) is 6.07. The summed E-state index contributed by atoms with van der Waals surface area (Å²) in [6, 6.07) is 13.1. The van der Waals surface area contributed by atoms with Crippen molar-refractivity contribution in [1.82, 2.24) is 14.3 Å². The summed E-state index contributed by atoms with van der Waals surface area (Å²) in [6.07, 6.45) is 10.3. The minimum atomic E-state index is 0.0709. The highest BCUT2D eigenvalue weighted by Crippen LogP contribution is 2.34. The van der Waals surface area contributed by atoms with Crippen LogP contribution in [0.5, 0.6) is 0 Å². The van der Waals surface area contributed by atoms with Crippen LogP contribution in [0.3, 0.4) is 0 Å². The van der Waals surface area contributed by atoms with Crippen LogP contribution in [-0.4, -0.2) is 20.4 Å². The molecule has 4 rings (SSSR count). The van der Waals surface area contributed by atoms with Crippen LogP contribution in [0.25, 0.3) is 11.1 Å². The highest BCUT2D eigenvalue weighted by Gasteiger charge is 2.23. The number of nitrogens with zero attached hydrogens (tertiary/aromatic N) is 3. The monoisotopic (exact) mass is 404 g/mol. The van der Waals surface area contributed by atoms with Crippen LogP contribution in [0.1, 0.15) is 51.0 Å². The zero-order valence-corrected chi connectivity index (χ0v) is 18.2. The van der Waals surface area contributed by atoms with Crippen molar-refractivity contribution in [2.75, 3.05) is 5.32 Å². The summed E-state index contributed by atoms with van der Waals surface area (Å²) in [4.78, 5) is 13.1. The van der Waals surface area contributed by atoms with Gasteiger partial charge in [0.1, 0.15) is 5.69 Å². The molecule has 1 aromatic carbocycles. The number of hydrogen-bond donors (Lipinski definition) is 1. The summed E-state index contributed by atoms with van der Waals surface area (Å²) in [7, 11) is 1.91. The van der Waals surface area contributed by atoms with Crippen LogP contribution in [0.15, 0.2) is 59.8 Å². The molecule has 158 valence electrons. The quantitative estimate of drug-likeness (QED) is 0.626. The van der Waals surface area contributed by atoms with Gasteiger partial charge in [0.2, 0.25) is 0 Å². The largest absolute Gasteiger partial charge is 0.378 e. The Bertz CT molecular complexity index is 1030. The molecule has 1 fully saturated rings. The second kappa shape index (κ2) is 8.90. The Balaban J connectivity index is 1.54. The van der Waals surface area contributed by atoms with Gasteiger partial charge in [-0.1, -0.05) is 44.2 Å². The van der Waals surface area contributed by atoms with E-state index in [1.807, 2.05) is 36.3 Å². The molecule has 2 heterocycles. The maximum Gasteiger partial charge on any atom is 0.273 e. The van der Waals surface area contributed by atoms with Crippen LogP contribution in [0.2, 0.25) is 0 Å². The van der Waals surface area contributed by atoms with Crippen LogP contribution in [-0.2, 0) is 13.6 Å². The number of aryl methyl sites for hydroxylation is 1. The maximum absolute atomic E-state index is 13.1. The first-order valence-electron chi connectivity index (χ1n) is 11.0. The summed E-state index contributed by atoms with van der Waals surface area (Å²) in [5.74, 6) is 1.03. The minimum Gasteiger partial charge on any atom is -0.378 e. The van der Waals surface area contributed by atoms with Crippen molar-refractivity contribution in [2.45, 2.75) is 58.0 Å². The van der Waals surface area contributed by atoms with Gasteiger partial charge in [0.05, 0.1) is 6.20 Å². The summed E-state index contributed by atoms with van der Waals surface area (Å²) in [6.45, 7) is 4.99. The predicted molar refractivity (Wildman–Crippen MR) is 123 cm³/mol. The number of anilines is 1. The first-order chi connectivity index (χ1) is 14.5. The van der Waals surface area contributed by atoms with Crippen molar-refractivity contribution in [2.24, 2.45) is 13.0 Å². The molecule has 0 bridgehead atoms. The van der Waals surface area contributed by atoms with Gasteiger partial charge in [-0.2, -0.15) is 5.10 Å². The van der Waals surface area contributed by atoms with Crippen LogP contribution in [0, 0.1) is 5.92 Å². The fraction of sp³-hybridized carbons (Fsp3) is 0.440. The summed E-state index contributed by atoms with van der Waals surface area (Å²) >= 11 is 0. The molecule has 1 aliphatic rings. The number of rotatable bonds is 6. The second-order valence-electron chi connectivity index (χ2n) is 9.00. The van der Waals surface area contributed by atoms with Gasteiger partial charge >= 0.3 is 0 Å². The first kappa shape index (κ1) is 20.5. The molecule has 1 aliphatic carbocycles. The highest BCUT2D eigenvalue weighted by atomic mass is 16.1. The van der Waals surface area contributed by atoms with Crippen LogP contribution in [0.4, 0.5) is 5.69 Å². The third-order valence-electron chi connectivity index (χ3n) is 6.04. The number of aromatic nitrogens is 3. The minimum absolute atomic E-state index is 0.0709. The molecule has 0 spiro atoms. The molecule has 0 saturated heterocycles. The fourth-order valence-electron chi connectivity index (χ4n) is 4.51. The zero-order valence-electron chi connectivity index (χ0n) is 18.2. The molecule has 0 aliphatic heterocycles. The van der Waals surface area contributed by atoms with E-state index in [4.69, 9.17) is 0 Å². The molecule has 2 aromatic heterocycles. The predicted octanol–water partition coefficient (Wildman–Crippen LogP) is 5.04. The average Bonchev–Trinajstić information content (AvgIpc) is 3.18. The topological polar surface area (TPSA) is 51.9 Å². The molecule has 0 amide bonds. The third kappa shape index (κ3) is 4.66. The van der Waals surface area contributed by atoms with Gasteiger partial charge in [-0.05, 0) is 49.1 Å². The van der Waals surface area contributed by atoms with Gasteiger partial charge < -0.3 is 9.88 Å². The number of pyridine rings is 1. The van der Waals surface area contributed by atoms with Gasteiger partial charge in [0.25, 0.3) is 5.56 Å². The standard InChI is InChI=1S/C25H32N4O/c1-18(2)15-29-17-21(22-14-26-28(3)16-22)13-24(25(29)30)27-23-11-9-20(10-12-23)19-7-5-4-6-8-19/h4-8,13-14,16-18,20,23,27H,9-12,15H2,1-3H3. The molecule has 0 unspecified atom stereocenters. The molecule has 1 saturated carbocycles. The first-order valence-corrected chi connectivity index (χ1v) is 11.0. The van der Waals surface area contributed by atoms with Gasteiger partial charge in [-0.25, -0.2) is 0 Å². The van der Waals surface area contributed by atoms with E-state index in [2.05, 4.69) is 54.6 Å². The number of benzene rings is 1. The maximum atomic E-state index is 13.1. The fourth-order valence-corrected chi connectivity index (χ4v) is 4.51. The van der Waals surface area contributed by atoms with Crippen molar-refractivity contribution < 1.29 is 0 Å². The van der Waals surface area contributed by atoms with E-state index in [0.717, 1.165) is 36.8 Å². The molecular weight excluding hydrogens is 372 g/mol. The van der Waals surface area contributed by atoms with Crippen molar-refractivity contribution in [1.29, 1.82) is 0 Å². The van der Waals surface area contributed by atoms with Crippen molar-refractivity contribution in [3.63, 3.8) is 0 Å². The Morgan fingerprint density at radius 3 is 2.43 bits per heavy atom. The average molecular weight is 405 g/mol. The second-order valence-corrected chi connectivity index (χ2v) is 9.00. The highest BCUT2D eigenvalue weighted by molar-refractivity contribution is 5.65. The van der Waals surface area contributed by atoms with Crippen molar-refractivity contribution in [3.8, 4) is 11.1 Å². The Labute approximate surface area is 178 Å². The number of nitrogens with one attached hydrogen (secondary N) is 1. The van der Waals surface area contributed by atoms with Gasteiger partial charge in [0, 0.05) is 43.2 Å². The Morgan fingerprint density at radius 2 is 1.80 bits per heavy atom. The van der Waals surface area contributed by atoms with Gasteiger partial charge in [-0.15, -0.1) is 0 Å². The summed E-state index contributed by atoms with van der Waals surface area (Å²) in [5, 5.41) is 7.89. The van der Waals surface area contributed by atoms with Crippen LogP contribution >= 0.6 is 0 Å². The SMILES string of the molecule is CC(C)Cn1cc(-c2cnn(C)c2)cc(NC2CCC(c3ccccc3)CC2)c1=O. The molecule has 1 N–H and O–H groups in total. The molecular formula is C25H32N4O. The molecule has 0 atom stereocenters. The molecule has 5 heteroatoms. The lowest BCUT2D eigenvalue weighted by molar-refractivity contribution is 0.411. The lowest BCUT2D eigenvalue weighted by Gasteiger charge is -2.30. The van der Waals surface area contributed by atoms with Crippen LogP contribution < -0.4 is 10.9 Å². The molecule has 0 radical (unpaired) electrons. The molecule has 30 heavy (non-hydrogen) atoms. The smallest absolute Gasteiger partial charge is 0.273 e. The van der Waals surface area contributed by atoms with E-state index in [1.165, 1.54) is 5.56 Å². The van der Waals surface area contributed by atoms with Gasteiger partial charge in [0.15, 0.2) is 0 Å². The Morgan fingerprint density at radius 1 is 1.07 bits per heavy atom. The molecule has 5 nitrogen and oxygen atoms in total. The Hall–Kier alpha value is -2.82. The molecule has 3 aromatic rings. The van der Waals surface area contributed by atoms with Crippen molar-refractivity contribution >= 4 is 5.69 Å². The zero-order chi connectivity index (χ0) is 21.1. The van der Waals surface area contributed by atoms with E-state index in [1.54, 1.807) is 4.68 Å². The van der Waals surface area contributed by atoms with E-state index in [9.17, 15) is 4.79 Å². The normalized spacial score (nSPS) is 19.2. The van der Waals surface area contributed by atoms with E-state index >= 15 is 0 Å². The third-order valence-corrected chi connectivity index (χ3v) is 6.04. The van der Waals surface area contributed by atoms with Crippen molar-refractivity contribution in [3.05, 3.63) is 70.9 Å². The summed E-state index contributed by atoms with van der Waals surface area (Å²) < 4.78 is 3.65. The van der Waals surface area contributed by atoms with Gasteiger partial charge in [-0.3, -0.25) is 9.48 Å². The number of hydrogen-bond acceptors (Lipinski definition) is 3. The lowest BCUT2D eigenvalue weighted by Crippen LogP contribution is -2.31. The lowest BCUT2D eigenvalue weighted by atomic mass is 9.82. The van der Waals surface area contributed by atoms with E-state index in [0.29, 0.717) is 30.1 Å². The summed E-state index contributed by atoms with van der Waals surface area (Å²) in [5.41, 5.74) is 4.28. The van der Waals surface area contributed by atoms with E-state index in [-0.39, 0.29) is 5.56 Å². The van der Waals surface area contributed by atoms with E-state index < -0.39 is 0 Å².